The zero-order chi connectivity index (χ0) is 42.2. The van der Waals surface area contributed by atoms with E-state index < -0.39 is 0 Å². The van der Waals surface area contributed by atoms with Crippen molar-refractivity contribution in [3.05, 3.63) is 212 Å². The average molecular weight is 811 g/mol. The molecule has 0 amide bonds. The second-order valence-electron chi connectivity index (χ2n) is 17.4. The molecule has 5 nitrogen and oxygen atoms in total. The summed E-state index contributed by atoms with van der Waals surface area (Å²) in [6.45, 7) is 6.71. The molecule has 0 saturated carbocycles. The SMILES string of the molecule is CC(C)(C)c1ccnc(-n2c3ccccc3c3ccc(Oc4cccc(-n5[c-][n+]6c7c(cccc75)-c5ccccc5-c5cccc(-c7ccccc7)c5-c5ccccc5-6)c4)cc32)c1. The number of benzene rings is 8. The third-order valence-corrected chi connectivity index (χ3v) is 12.5. The second kappa shape index (κ2) is 14.3. The van der Waals surface area contributed by atoms with E-state index in [-0.39, 0.29) is 5.41 Å². The Balaban J connectivity index is 1.01. The first-order chi connectivity index (χ1) is 30.9. The molecule has 0 fully saturated rings. The van der Waals surface area contributed by atoms with Crippen molar-refractivity contribution in [1.82, 2.24) is 14.1 Å². The Morgan fingerprint density at radius 2 is 1.16 bits per heavy atom. The summed E-state index contributed by atoms with van der Waals surface area (Å²) >= 11 is 0. The molecule has 0 bridgehead atoms. The van der Waals surface area contributed by atoms with Crippen molar-refractivity contribution < 1.29 is 9.30 Å². The van der Waals surface area contributed by atoms with Gasteiger partial charge in [-0.25, -0.2) is 4.98 Å². The zero-order valence-electron chi connectivity index (χ0n) is 35.2. The second-order valence-corrected chi connectivity index (χ2v) is 17.4. The number of hydrogen-bond acceptors (Lipinski definition) is 2. The topological polar surface area (TPSA) is 35.9 Å². The summed E-state index contributed by atoms with van der Waals surface area (Å²) < 4.78 is 13.5. The number of pyridine rings is 1. The van der Waals surface area contributed by atoms with Crippen LogP contribution >= 0.6 is 0 Å². The minimum absolute atomic E-state index is 0.0141. The van der Waals surface area contributed by atoms with Gasteiger partial charge < -0.3 is 4.74 Å². The number of nitrogens with zero attached hydrogens (tertiary/aromatic N) is 4. The van der Waals surface area contributed by atoms with Crippen LogP contribution in [0.3, 0.4) is 0 Å². The number of imidazole rings is 1. The number of rotatable bonds is 5. The number of hydrogen-bond donors (Lipinski definition) is 0. The van der Waals surface area contributed by atoms with Crippen LogP contribution < -0.4 is 9.30 Å². The van der Waals surface area contributed by atoms with Crippen molar-refractivity contribution in [2.45, 2.75) is 26.2 Å². The van der Waals surface area contributed by atoms with Crippen molar-refractivity contribution in [2.75, 3.05) is 0 Å². The standard InChI is InChI=1S/C58H42N4O/c1-58(2,3)39-32-33-59-55(34-39)62-52-28-12-9-22-46(52)47-31-30-42(36-54(47)62)63-41-19-13-18-40(35-41)60-37-61-51-27-11-10-23-50(51)56-43(38-16-5-4-6-17-38)24-14-25-48(56)44-20-7-8-21-45(44)49-26-15-29-53(60)57(49)61/h4-36H,1-3H3. The van der Waals surface area contributed by atoms with E-state index in [1.165, 1.54) is 44.3 Å². The fourth-order valence-corrected chi connectivity index (χ4v) is 9.59. The summed E-state index contributed by atoms with van der Waals surface area (Å²) in [6.07, 6.45) is 5.78. The van der Waals surface area contributed by atoms with Crippen molar-refractivity contribution in [1.29, 1.82) is 0 Å². The lowest BCUT2D eigenvalue weighted by Gasteiger charge is -2.20. The summed E-state index contributed by atoms with van der Waals surface area (Å²) in [6, 6.07) is 69.1. The fraction of sp³-hybridized carbons (Fsp3) is 0.0690. The van der Waals surface area contributed by atoms with Gasteiger partial charge in [-0.15, -0.1) is 0 Å². The van der Waals surface area contributed by atoms with Crippen LogP contribution in [-0.4, -0.2) is 14.1 Å². The van der Waals surface area contributed by atoms with Gasteiger partial charge in [0, 0.05) is 23.0 Å². The summed E-state index contributed by atoms with van der Waals surface area (Å²) in [5.41, 5.74) is 16.9. The smallest absolute Gasteiger partial charge is 0.269 e. The van der Waals surface area contributed by atoms with E-state index in [0.29, 0.717) is 0 Å². The summed E-state index contributed by atoms with van der Waals surface area (Å²) in [4.78, 5) is 4.89. The maximum atomic E-state index is 6.78. The molecule has 0 spiro atoms. The number of ether oxygens (including phenoxy) is 1. The molecule has 12 rings (SSSR count). The molecule has 0 unspecified atom stereocenters. The lowest BCUT2D eigenvalue weighted by atomic mass is 9.85. The van der Waals surface area contributed by atoms with Gasteiger partial charge in [-0.3, -0.25) is 13.7 Å². The van der Waals surface area contributed by atoms with E-state index in [1.54, 1.807) is 0 Å². The molecule has 1 aliphatic heterocycles. The number of para-hydroxylation sites is 3. The highest BCUT2D eigenvalue weighted by molar-refractivity contribution is 6.09. The highest BCUT2D eigenvalue weighted by atomic mass is 16.5. The van der Waals surface area contributed by atoms with E-state index >= 15 is 0 Å². The maximum Gasteiger partial charge on any atom is 0.269 e. The number of fused-ring (bicyclic) bond motifs is 10. The first-order valence-corrected chi connectivity index (χ1v) is 21.5. The van der Waals surface area contributed by atoms with Gasteiger partial charge in [0.1, 0.15) is 17.3 Å². The Morgan fingerprint density at radius 1 is 0.508 bits per heavy atom. The molecule has 0 atom stereocenters. The van der Waals surface area contributed by atoms with Crippen LogP contribution in [0.15, 0.2) is 200 Å². The predicted octanol–water partition coefficient (Wildman–Crippen LogP) is 14.3. The van der Waals surface area contributed by atoms with Crippen molar-refractivity contribution in [2.24, 2.45) is 0 Å². The molecule has 0 N–H and O–H groups in total. The molecular formula is C58H42N4O. The van der Waals surface area contributed by atoms with Gasteiger partial charge in [0.25, 0.3) is 6.33 Å². The Labute approximate surface area is 366 Å². The molecule has 63 heavy (non-hydrogen) atoms. The van der Waals surface area contributed by atoms with E-state index in [4.69, 9.17) is 9.72 Å². The fourth-order valence-electron chi connectivity index (χ4n) is 9.59. The molecule has 8 aromatic carbocycles. The van der Waals surface area contributed by atoms with Crippen LogP contribution in [0.5, 0.6) is 11.5 Å². The molecule has 300 valence electrons. The first kappa shape index (κ1) is 36.8. The molecule has 11 aromatic rings. The molecule has 4 heterocycles. The molecule has 1 aliphatic rings. The van der Waals surface area contributed by atoms with E-state index in [9.17, 15) is 0 Å². The summed E-state index contributed by atoms with van der Waals surface area (Å²) in [5.74, 6) is 2.36. The van der Waals surface area contributed by atoms with E-state index in [2.05, 4.69) is 229 Å². The molecule has 0 saturated heterocycles. The van der Waals surface area contributed by atoms with Crippen LogP contribution in [0.2, 0.25) is 0 Å². The first-order valence-electron chi connectivity index (χ1n) is 21.5. The predicted molar refractivity (Wildman–Crippen MR) is 256 cm³/mol. The van der Waals surface area contributed by atoms with E-state index in [0.717, 1.165) is 67.3 Å². The molecule has 3 aromatic heterocycles. The Morgan fingerprint density at radius 3 is 2.02 bits per heavy atom. The zero-order valence-corrected chi connectivity index (χ0v) is 35.2. The van der Waals surface area contributed by atoms with Crippen LogP contribution in [0, 0.1) is 6.33 Å². The van der Waals surface area contributed by atoms with Crippen LogP contribution in [-0.2, 0) is 5.41 Å². The van der Waals surface area contributed by atoms with Crippen LogP contribution in [0.1, 0.15) is 26.3 Å². The lowest BCUT2D eigenvalue weighted by Crippen LogP contribution is -2.30. The minimum atomic E-state index is -0.0141. The third kappa shape index (κ3) is 5.99. The van der Waals surface area contributed by atoms with Crippen LogP contribution in [0.25, 0.3) is 94.5 Å². The lowest BCUT2D eigenvalue weighted by molar-refractivity contribution is -0.571. The molecule has 0 radical (unpaired) electrons. The van der Waals surface area contributed by atoms with Crippen molar-refractivity contribution >= 4 is 32.8 Å². The Hall–Kier alpha value is -8.02. The van der Waals surface area contributed by atoms with Gasteiger partial charge in [-0.1, -0.05) is 154 Å². The highest BCUT2D eigenvalue weighted by Crippen LogP contribution is 2.47. The largest absolute Gasteiger partial charge is 0.458 e. The summed E-state index contributed by atoms with van der Waals surface area (Å²) in [5, 5.41) is 2.33. The van der Waals surface area contributed by atoms with Gasteiger partial charge >= 0.3 is 0 Å². The van der Waals surface area contributed by atoms with Crippen LogP contribution in [0.4, 0.5) is 0 Å². The summed E-state index contributed by atoms with van der Waals surface area (Å²) in [7, 11) is 0. The van der Waals surface area contributed by atoms with Gasteiger partial charge in [-0.05, 0) is 110 Å². The third-order valence-electron chi connectivity index (χ3n) is 12.5. The monoisotopic (exact) mass is 810 g/mol. The van der Waals surface area contributed by atoms with Gasteiger partial charge in [0.2, 0.25) is 0 Å². The molecular weight excluding hydrogens is 769 g/mol. The normalized spacial score (nSPS) is 12.0. The quantitative estimate of drug-likeness (QED) is 0.128. The Bertz CT molecular complexity index is 3590. The van der Waals surface area contributed by atoms with E-state index in [1.807, 2.05) is 12.3 Å². The van der Waals surface area contributed by atoms with Gasteiger partial charge in [0.05, 0.1) is 33.4 Å². The molecule has 5 heteroatoms. The van der Waals surface area contributed by atoms with Crippen molar-refractivity contribution in [3.8, 4) is 73.2 Å². The minimum Gasteiger partial charge on any atom is -0.458 e. The van der Waals surface area contributed by atoms with Crippen molar-refractivity contribution in [3.63, 3.8) is 0 Å². The van der Waals surface area contributed by atoms with Gasteiger partial charge in [-0.2, -0.15) is 0 Å². The average Bonchev–Trinajstić information content (AvgIpc) is 3.88. The maximum absolute atomic E-state index is 6.78. The van der Waals surface area contributed by atoms with Gasteiger partial charge in [0.15, 0.2) is 0 Å². The molecule has 0 aliphatic carbocycles. The highest BCUT2D eigenvalue weighted by Gasteiger charge is 2.26. The number of aromatic nitrogens is 4. The Kier molecular flexibility index (Phi) is 8.35.